The van der Waals surface area contributed by atoms with Crippen LogP contribution < -0.4 is 9.47 Å². The van der Waals surface area contributed by atoms with Crippen molar-refractivity contribution in [2.45, 2.75) is 13.0 Å². The van der Waals surface area contributed by atoms with E-state index in [0.29, 0.717) is 30.2 Å². The Morgan fingerprint density at radius 3 is 2.50 bits per heavy atom. The second-order valence-electron chi connectivity index (χ2n) is 5.06. The predicted octanol–water partition coefficient (Wildman–Crippen LogP) is 3.15. The Labute approximate surface area is 133 Å². The third kappa shape index (κ3) is 2.52. The molecule has 0 N–H and O–H groups in total. The molecule has 0 fully saturated rings. The minimum Gasteiger partial charge on any atom is -0.493 e. The Kier molecular flexibility index (Phi) is 3.98. The van der Waals surface area contributed by atoms with Gasteiger partial charge in [-0.05, 0) is 47.3 Å². The van der Waals surface area contributed by atoms with Crippen LogP contribution in [0.3, 0.4) is 0 Å². The average molecular weight is 322 g/mol. The molecule has 1 aliphatic heterocycles. The zero-order valence-electron chi connectivity index (χ0n) is 12.4. The van der Waals surface area contributed by atoms with Gasteiger partial charge in [-0.2, -0.15) is 0 Å². The molecular formula is C16H16ClNO4. The van der Waals surface area contributed by atoms with Gasteiger partial charge in [0.15, 0.2) is 11.5 Å². The van der Waals surface area contributed by atoms with E-state index >= 15 is 0 Å². The first-order valence-corrected chi connectivity index (χ1v) is 7.28. The first-order valence-electron chi connectivity index (χ1n) is 6.90. The molecular weight excluding hydrogens is 306 g/mol. The van der Waals surface area contributed by atoms with Gasteiger partial charge in [0, 0.05) is 13.1 Å². The number of ether oxygens (including phenoxy) is 2. The fourth-order valence-electron chi connectivity index (χ4n) is 2.67. The maximum absolute atomic E-state index is 12.5. The van der Waals surface area contributed by atoms with Crippen molar-refractivity contribution in [3.05, 3.63) is 46.4 Å². The van der Waals surface area contributed by atoms with Crippen LogP contribution in [-0.4, -0.2) is 31.6 Å². The lowest BCUT2D eigenvalue weighted by molar-refractivity contribution is 0.0734. The van der Waals surface area contributed by atoms with Crippen LogP contribution in [-0.2, 0) is 13.0 Å². The van der Waals surface area contributed by atoms with Crippen molar-refractivity contribution >= 4 is 17.5 Å². The van der Waals surface area contributed by atoms with Crippen molar-refractivity contribution in [1.29, 1.82) is 0 Å². The van der Waals surface area contributed by atoms with Crippen LogP contribution in [0.4, 0.5) is 0 Å². The van der Waals surface area contributed by atoms with Crippen LogP contribution in [0.2, 0.25) is 5.22 Å². The zero-order chi connectivity index (χ0) is 15.7. The molecule has 0 saturated heterocycles. The standard InChI is InChI=1S/C16H16ClNO4/c1-20-13-7-10-3-5-18(9-11(10)8-14(13)21-2)16(19)12-4-6-22-15(12)17/h4,6-8H,3,5,9H2,1-2H3. The van der Waals surface area contributed by atoms with Crippen LogP contribution in [0.15, 0.2) is 28.9 Å². The first-order chi connectivity index (χ1) is 10.6. The van der Waals surface area contributed by atoms with E-state index in [0.717, 1.165) is 12.0 Å². The van der Waals surface area contributed by atoms with Crippen molar-refractivity contribution < 1.29 is 18.7 Å². The monoisotopic (exact) mass is 321 g/mol. The summed E-state index contributed by atoms with van der Waals surface area (Å²) in [5.74, 6) is 1.25. The molecule has 0 atom stereocenters. The Balaban J connectivity index is 1.87. The molecule has 0 saturated carbocycles. The smallest absolute Gasteiger partial charge is 0.259 e. The second-order valence-corrected chi connectivity index (χ2v) is 5.40. The van der Waals surface area contributed by atoms with Crippen LogP contribution in [0.1, 0.15) is 21.5 Å². The second kappa shape index (κ2) is 5.93. The summed E-state index contributed by atoms with van der Waals surface area (Å²) in [6.45, 7) is 1.14. The minimum absolute atomic E-state index is 0.126. The van der Waals surface area contributed by atoms with E-state index in [1.54, 1.807) is 25.2 Å². The largest absolute Gasteiger partial charge is 0.493 e. The summed E-state index contributed by atoms with van der Waals surface area (Å²) in [5, 5.41) is 0.128. The van der Waals surface area contributed by atoms with Gasteiger partial charge in [-0.3, -0.25) is 4.79 Å². The van der Waals surface area contributed by atoms with Gasteiger partial charge < -0.3 is 18.8 Å². The van der Waals surface area contributed by atoms with E-state index < -0.39 is 0 Å². The number of halogens is 1. The zero-order valence-corrected chi connectivity index (χ0v) is 13.1. The third-order valence-electron chi connectivity index (χ3n) is 3.85. The highest BCUT2D eigenvalue weighted by atomic mass is 35.5. The van der Waals surface area contributed by atoms with Crippen molar-refractivity contribution in [3.63, 3.8) is 0 Å². The summed E-state index contributed by atoms with van der Waals surface area (Å²) in [4.78, 5) is 14.2. The number of carbonyl (C=O) groups is 1. The fraction of sp³-hybridized carbons (Fsp3) is 0.312. The van der Waals surface area contributed by atoms with E-state index in [1.807, 2.05) is 12.1 Å². The van der Waals surface area contributed by atoms with Crippen LogP contribution >= 0.6 is 11.6 Å². The van der Waals surface area contributed by atoms with E-state index in [4.69, 9.17) is 25.5 Å². The molecule has 0 radical (unpaired) electrons. The van der Waals surface area contributed by atoms with E-state index in [1.165, 1.54) is 11.8 Å². The number of benzene rings is 1. The van der Waals surface area contributed by atoms with Gasteiger partial charge in [0.05, 0.1) is 26.0 Å². The van der Waals surface area contributed by atoms with E-state index in [2.05, 4.69) is 0 Å². The highest BCUT2D eigenvalue weighted by Crippen LogP contribution is 2.33. The molecule has 6 heteroatoms. The van der Waals surface area contributed by atoms with Gasteiger partial charge in [-0.25, -0.2) is 0 Å². The maximum atomic E-state index is 12.5. The summed E-state index contributed by atoms with van der Waals surface area (Å²) in [5.41, 5.74) is 2.61. The van der Waals surface area contributed by atoms with Crippen LogP contribution in [0.25, 0.3) is 0 Å². The highest BCUT2D eigenvalue weighted by molar-refractivity contribution is 6.32. The number of rotatable bonds is 3. The van der Waals surface area contributed by atoms with Gasteiger partial charge in [0.2, 0.25) is 5.22 Å². The normalized spacial score (nSPS) is 13.7. The Morgan fingerprint density at radius 1 is 1.23 bits per heavy atom. The molecule has 2 aromatic rings. The molecule has 1 amide bonds. The number of furan rings is 1. The molecule has 0 spiro atoms. The molecule has 116 valence electrons. The van der Waals surface area contributed by atoms with Gasteiger partial charge in [-0.1, -0.05) is 0 Å². The summed E-state index contributed by atoms with van der Waals surface area (Å²) in [6, 6.07) is 5.49. The number of methoxy groups -OCH3 is 2. The van der Waals surface area contributed by atoms with Gasteiger partial charge in [-0.15, -0.1) is 0 Å². The van der Waals surface area contributed by atoms with Gasteiger partial charge in [0.1, 0.15) is 0 Å². The number of nitrogens with zero attached hydrogens (tertiary/aromatic N) is 1. The third-order valence-corrected chi connectivity index (χ3v) is 4.15. The highest BCUT2D eigenvalue weighted by Gasteiger charge is 2.25. The fourth-order valence-corrected chi connectivity index (χ4v) is 2.87. The average Bonchev–Trinajstić information content (AvgIpc) is 2.98. The molecule has 0 unspecified atom stereocenters. The molecule has 1 aromatic carbocycles. The van der Waals surface area contributed by atoms with Crippen molar-refractivity contribution in [3.8, 4) is 11.5 Å². The number of fused-ring (bicyclic) bond motifs is 1. The van der Waals surface area contributed by atoms with Gasteiger partial charge in [0.25, 0.3) is 5.91 Å². The van der Waals surface area contributed by atoms with Crippen LogP contribution in [0, 0.1) is 0 Å². The van der Waals surface area contributed by atoms with Gasteiger partial charge >= 0.3 is 0 Å². The molecule has 0 aliphatic carbocycles. The summed E-state index contributed by atoms with van der Waals surface area (Å²) in [6.07, 6.45) is 2.18. The molecule has 0 bridgehead atoms. The van der Waals surface area contributed by atoms with Crippen molar-refractivity contribution in [2.24, 2.45) is 0 Å². The Morgan fingerprint density at radius 2 is 1.91 bits per heavy atom. The lowest BCUT2D eigenvalue weighted by Crippen LogP contribution is -2.35. The van der Waals surface area contributed by atoms with E-state index in [9.17, 15) is 4.79 Å². The summed E-state index contributed by atoms with van der Waals surface area (Å²) in [7, 11) is 3.21. The number of carbonyl (C=O) groups excluding carboxylic acids is 1. The summed E-state index contributed by atoms with van der Waals surface area (Å²) >= 11 is 5.89. The van der Waals surface area contributed by atoms with Crippen molar-refractivity contribution in [1.82, 2.24) is 4.90 Å². The molecule has 2 heterocycles. The Hall–Kier alpha value is -2.14. The molecule has 5 nitrogen and oxygen atoms in total. The quantitative estimate of drug-likeness (QED) is 0.871. The maximum Gasteiger partial charge on any atom is 0.259 e. The molecule has 1 aliphatic rings. The van der Waals surface area contributed by atoms with Crippen molar-refractivity contribution in [2.75, 3.05) is 20.8 Å². The Bertz CT molecular complexity index is 710. The number of amides is 1. The predicted molar refractivity (Wildman–Crippen MR) is 81.7 cm³/mol. The molecule has 1 aromatic heterocycles. The summed E-state index contributed by atoms with van der Waals surface area (Å²) < 4.78 is 15.6. The number of hydrogen-bond acceptors (Lipinski definition) is 4. The first kappa shape index (κ1) is 14.8. The van der Waals surface area contributed by atoms with Crippen LogP contribution in [0.5, 0.6) is 11.5 Å². The minimum atomic E-state index is -0.126. The number of hydrogen-bond donors (Lipinski definition) is 0. The topological polar surface area (TPSA) is 51.9 Å². The van der Waals surface area contributed by atoms with E-state index in [-0.39, 0.29) is 11.1 Å². The lowest BCUT2D eigenvalue weighted by Gasteiger charge is -2.29. The SMILES string of the molecule is COc1cc2c(cc1OC)CN(C(=O)c1ccoc1Cl)CC2. The molecule has 3 rings (SSSR count). The lowest BCUT2D eigenvalue weighted by atomic mass is 9.98. The molecule has 22 heavy (non-hydrogen) atoms.